The van der Waals surface area contributed by atoms with Gasteiger partial charge in [0.05, 0.1) is 5.25 Å². The molecule has 2 atom stereocenters. The molecular weight excluding hydrogens is 291 g/mol. The number of nitrogens with zero attached hydrogens (tertiary/aromatic N) is 1. The van der Waals surface area contributed by atoms with Crippen LogP contribution in [-0.2, 0) is 9.59 Å². The van der Waals surface area contributed by atoms with Crippen LogP contribution in [0.3, 0.4) is 0 Å². The van der Waals surface area contributed by atoms with E-state index < -0.39 is 0 Å². The van der Waals surface area contributed by atoms with Gasteiger partial charge in [0.25, 0.3) is 0 Å². The Hall–Kier alpha value is -1.56. The van der Waals surface area contributed by atoms with E-state index in [-0.39, 0.29) is 34.7 Å². The Morgan fingerprint density at radius 1 is 1.43 bits per heavy atom. The summed E-state index contributed by atoms with van der Waals surface area (Å²) >= 11 is 1.42. The number of hydrogen-bond acceptors (Lipinski definition) is 3. The fourth-order valence-corrected chi connectivity index (χ4v) is 3.66. The van der Waals surface area contributed by atoms with E-state index in [2.05, 4.69) is 5.32 Å². The van der Waals surface area contributed by atoms with Crippen molar-refractivity contribution < 1.29 is 14.0 Å². The van der Waals surface area contributed by atoms with E-state index in [0.717, 1.165) is 0 Å². The first kappa shape index (κ1) is 15.8. The van der Waals surface area contributed by atoms with Crippen molar-refractivity contribution >= 4 is 23.6 Å². The summed E-state index contributed by atoms with van der Waals surface area (Å²) in [6, 6.07) is 6.47. The van der Waals surface area contributed by atoms with Gasteiger partial charge in [-0.1, -0.05) is 18.2 Å². The summed E-state index contributed by atoms with van der Waals surface area (Å²) in [6.45, 7) is 4.53. The molecule has 1 aromatic rings. The predicted molar refractivity (Wildman–Crippen MR) is 81.2 cm³/mol. The molecule has 6 heteroatoms. The summed E-state index contributed by atoms with van der Waals surface area (Å²) in [6.07, 6.45) is 0.234. The number of nitrogens with one attached hydrogen (secondary N) is 1. The fourth-order valence-electron chi connectivity index (χ4n) is 2.33. The Morgan fingerprint density at radius 2 is 2.14 bits per heavy atom. The summed E-state index contributed by atoms with van der Waals surface area (Å²) in [7, 11) is 0. The van der Waals surface area contributed by atoms with Gasteiger partial charge in [0, 0.05) is 25.1 Å². The van der Waals surface area contributed by atoms with Gasteiger partial charge >= 0.3 is 0 Å². The molecule has 1 aliphatic heterocycles. The quantitative estimate of drug-likeness (QED) is 0.908. The molecule has 1 aliphatic rings. The number of rotatable bonds is 5. The number of carbonyl (C=O) groups excluding carboxylic acids is 2. The van der Waals surface area contributed by atoms with Crippen molar-refractivity contribution in [2.24, 2.45) is 0 Å². The Labute approximate surface area is 128 Å². The van der Waals surface area contributed by atoms with Crippen molar-refractivity contribution in [2.45, 2.75) is 30.9 Å². The molecule has 2 unspecified atom stereocenters. The van der Waals surface area contributed by atoms with Gasteiger partial charge < -0.3 is 10.2 Å². The first-order chi connectivity index (χ1) is 10.0. The standard InChI is InChI=1S/C15H19FN2O2S/c1-3-17-13(19)8-9-18-14(20)10(2)21-15(18)11-6-4-5-7-12(11)16/h4-7,10,15H,3,8-9H2,1-2H3,(H,17,19). The van der Waals surface area contributed by atoms with Crippen LogP contribution in [0.1, 0.15) is 31.2 Å². The topological polar surface area (TPSA) is 49.4 Å². The highest BCUT2D eigenvalue weighted by Gasteiger charge is 2.39. The Morgan fingerprint density at radius 3 is 2.81 bits per heavy atom. The van der Waals surface area contributed by atoms with Crippen molar-refractivity contribution in [1.82, 2.24) is 10.2 Å². The van der Waals surface area contributed by atoms with Crippen LogP contribution in [0.15, 0.2) is 24.3 Å². The number of halogens is 1. The smallest absolute Gasteiger partial charge is 0.236 e. The molecule has 0 aliphatic carbocycles. The highest BCUT2D eigenvalue weighted by Crippen LogP contribution is 2.43. The molecule has 0 saturated carbocycles. The van der Waals surface area contributed by atoms with Gasteiger partial charge in [-0.05, 0) is 19.9 Å². The monoisotopic (exact) mass is 310 g/mol. The second-order valence-electron chi connectivity index (χ2n) is 4.89. The van der Waals surface area contributed by atoms with Gasteiger partial charge in [-0.3, -0.25) is 9.59 Å². The Balaban J connectivity index is 2.14. The van der Waals surface area contributed by atoms with Crippen LogP contribution in [0.2, 0.25) is 0 Å². The van der Waals surface area contributed by atoms with Gasteiger partial charge in [-0.25, -0.2) is 4.39 Å². The maximum Gasteiger partial charge on any atom is 0.236 e. The molecule has 0 radical (unpaired) electrons. The second-order valence-corrected chi connectivity index (χ2v) is 6.31. The first-order valence-electron chi connectivity index (χ1n) is 7.01. The summed E-state index contributed by atoms with van der Waals surface area (Å²) in [5.74, 6) is -0.459. The molecular formula is C15H19FN2O2S. The van der Waals surface area contributed by atoms with Crippen molar-refractivity contribution in [2.75, 3.05) is 13.1 Å². The van der Waals surface area contributed by atoms with Crippen molar-refractivity contribution in [1.29, 1.82) is 0 Å². The van der Waals surface area contributed by atoms with Crippen LogP contribution in [-0.4, -0.2) is 35.1 Å². The molecule has 2 amide bonds. The van der Waals surface area contributed by atoms with E-state index in [1.165, 1.54) is 17.8 Å². The molecule has 1 saturated heterocycles. The zero-order valence-electron chi connectivity index (χ0n) is 12.1. The van der Waals surface area contributed by atoms with E-state index in [4.69, 9.17) is 0 Å². The normalized spacial score (nSPS) is 21.7. The van der Waals surface area contributed by atoms with E-state index in [1.807, 2.05) is 13.8 Å². The zero-order valence-corrected chi connectivity index (χ0v) is 13.0. The van der Waals surface area contributed by atoms with Gasteiger partial charge in [-0.15, -0.1) is 11.8 Å². The highest BCUT2D eigenvalue weighted by molar-refractivity contribution is 8.01. The molecule has 1 aromatic carbocycles. The van der Waals surface area contributed by atoms with Crippen LogP contribution in [0, 0.1) is 5.82 Å². The largest absolute Gasteiger partial charge is 0.356 e. The predicted octanol–water partition coefficient (Wildman–Crippen LogP) is 2.31. The summed E-state index contributed by atoms with van der Waals surface area (Å²) in [4.78, 5) is 25.4. The second kappa shape index (κ2) is 6.93. The lowest BCUT2D eigenvalue weighted by atomic mass is 10.2. The van der Waals surface area contributed by atoms with Crippen molar-refractivity contribution in [3.05, 3.63) is 35.6 Å². The van der Waals surface area contributed by atoms with Gasteiger partial charge in [0.1, 0.15) is 11.2 Å². The van der Waals surface area contributed by atoms with E-state index in [1.54, 1.807) is 23.1 Å². The van der Waals surface area contributed by atoms with Crippen LogP contribution in [0.25, 0.3) is 0 Å². The highest BCUT2D eigenvalue weighted by atomic mass is 32.2. The Bertz CT molecular complexity index is 538. The fraction of sp³-hybridized carbons (Fsp3) is 0.467. The van der Waals surface area contributed by atoms with Crippen molar-refractivity contribution in [3.8, 4) is 0 Å². The van der Waals surface area contributed by atoms with Crippen LogP contribution in [0.5, 0.6) is 0 Å². The molecule has 0 spiro atoms. The summed E-state index contributed by atoms with van der Waals surface area (Å²) < 4.78 is 14.0. The molecule has 1 fully saturated rings. The van der Waals surface area contributed by atoms with Gasteiger partial charge in [0.15, 0.2) is 0 Å². The third kappa shape index (κ3) is 3.56. The van der Waals surface area contributed by atoms with E-state index in [9.17, 15) is 14.0 Å². The molecule has 0 aromatic heterocycles. The minimum Gasteiger partial charge on any atom is -0.356 e. The molecule has 1 heterocycles. The number of benzene rings is 1. The summed E-state index contributed by atoms with van der Waals surface area (Å²) in [5, 5.41) is 2.13. The SMILES string of the molecule is CCNC(=O)CCN1C(=O)C(C)SC1c1ccccc1F. The van der Waals surface area contributed by atoms with E-state index in [0.29, 0.717) is 18.7 Å². The maximum absolute atomic E-state index is 14.0. The molecule has 0 bridgehead atoms. The van der Waals surface area contributed by atoms with Gasteiger partial charge in [-0.2, -0.15) is 0 Å². The molecule has 21 heavy (non-hydrogen) atoms. The zero-order chi connectivity index (χ0) is 15.4. The number of hydrogen-bond donors (Lipinski definition) is 1. The molecule has 4 nitrogen and oxygen atoms in total. The van der Waals surface area contributed by atoms with Crippen molar-refractivity contribution in [3.63, 3.8) is 0 Å². The number of amides is 2. The van der Waals surface area contributed by atoms with Crippen LogP contribution in [0.4, 0.5) is 4.39 Å². The Kier molecular flexibility index (Phi) is 5.22. The maximum atomic E-state index is 14.0. The number of carbonyl (C=O) groups is 2. The molecule has 2 rings (SSSR count). The number of thioether (sulfide) groups is 1. The van der Waals surface area contributed by atoms with Gasteiger partial charge in [0.2, 0.25) is 11.8 Å². The third-order valence-electron chi connectivity index (χ3n) is 3.37. The lowest BCUT2D eigenvalue weighted by Crippen LogP contribution is -2.34. The lowest BCUT2D eigenvalue weighted by molar-refractivity contribution is -0.130. The van der Waals surface area contributed by atoms with E-state index >= 15 is 0 Å². The average molecular weight is 310 g/mol. The first-order valence-corrected chi connectivity index (χ1v) is 7.96. The minimum absolute atomic E-state index is 0.0439. The molecule has 114 valence electrons. The average Bonchev–Trinajstić information content (AvgIpc) is 2.73. The summed E-state index contributed by atoms with van der Waals surface area (Å²) in [5.41, 5.74) is 0.496. The lowest BCUT2D eigenvalue weighted by Gasteiger charge is -2.24. The van der Waals surface area contributed by atoms with Crippen LogP contribution < -0.4 is 5.32 Å². The third-order valence-corrected chi connectivity index (χ3v) is 4.75. The molecule has 1 N–H and O–H groups in total. The minimum atomic E-state index is -0.358. The van der Waals surface area contributed by atoms with Crippen LogP contribution >= 0.6 is 11.8 Å².